The van der Waals surface area contributed by atoms with E-state index in [4.69, 9.17) is 4.74 Å². The molecule has 2 aromatic carbocycles. The number of likely N-dealkylation sites (N-methyl/N-ethyl adjacent to an activating group) is 1. The van der Waals surface area contributed by atoms with Gasteiger partial charge < -0.3 is 15.0 Å². The molecule has 0 spiro atoms. The maximum Gasteiger partial charge on any atom is 0.261 e. The van der Waals surface area contributed by atoms with Gasteiger partial charge in [0.05, 0.1) is 6.04 Å². The zero-order chi connectivity index (χ0) is 22.4. The number of benzene rings is 2. The number of amides is 1. The standard InChI is InChI=1S/C26H37N3O2/c1-19(2)23-12-11-20(3)17-25(23)31-21(4)26(30)27-24(22-9-7-6-8-10-22)18-29-15-13-28(5)14-16-29/h6-12,17,19,21,24H,13-16,18H2,1-5H3,(H,27,30). The van der Waals surface area contributed by atoms with Crippen LogP contribution in [0.3, 0.4) is 0 Å². The van der Waals surface area contributed by atoms with E-state index in [2.05, 4.69) is 60.3 Å². The zero-order valence-corrected chi connectivity index (χ0v) is 19.6. The van der Waals surface area contributed by atoms with Crippen molar-refractivity contribution in [2.24, 2.45) is 0 Å². The van der Waals surface area contributed by atoms with Crippen molar-refractivity contribution in [3.63, 3.8) is 0 Å². The van der Waals surface area contributed by atoms with Gasteiger partial charge in [0.25, 0.3) is 5.91 Å². The molecule has 5 heteroatoms. The molecule has 0 bridgehead atoms. The Kier molecular flexibility index (Phi) is 8.10. The lowest BCUT2D eigenvalue weighted by atomic mass is 10.0. The normalized spacial score (nSPS) is 17.4. The second-order valence-corrected chi connectivity index (χ2v) is 9.03. The number of piperazine rings is 1. The molecule has 5 nitrogen and oxygen atoms in total. The van der Waals surface area contributed by atoms with Crippen molar-refractivity contribution < 1.29 is 9.53 Å². The van der Waals surface area contributed by atoms with Crippen LogP contribution in [0.15, 0.2) is 48.5 Å². The van der Waals surface area contributed by atoms with Gasteiger partial charge in [0, 0.05) is 32.7 Å². The number of carbonyl (C=O) groups is 1. The van der Waals surface area contributed by atoms with Gasteiger partial charge >= 0.3 is 0 Å². The van der Waals surface area contributed by atoms with Crippen molar-refractivity contribution in [2.75, 3.05) is 39.8 Å². The van der Waals surface area contributed by atoms with Gasteiger partial charge in [-0.15, -0.1) is 0 Å². The summed E-state index contributed by atoms with van der Waals surface area (Å²) in [6.45, 7) is 13.1. The Morgan fingerprint density at radius 1 is 1.03 bits per heavy atom. The average molecular weight is 424 g/mol. The molecule has 1 aliphatic heterocycles. The van der Waals surface area contributed by atoms with Crippen molar-refractivity contribution in [3.8, 4) is 5.75 Å². The van der Waals surface area contributed by atoms with E-state index in [0.29, 0.717) is 5.92 Å². The van der Waals surface area contributed by atoms with Crippen molar-refractivity contribution in [1.29, 1.82) is 0 Å². The topological polar surface area (TPSA) is 44.8 Å². The number of nitrogens with one attached hydrogen (secondary N) is 1. The third kappa shape index (κ3) is 6.55. The van der Waals surface area contributed by atoms with Gasteiger partial charge in [-0.1, -0.05) is 56.3 Å². The van der Waals surface area contributed by atoms with Crippen LogP contribution in [0.1, 0.15) is 49.4 Å². The summed E-state index contributed by atoms with van der Waals surface area (Å²) in [6.07, 6.45) is -0.571. The molecule has 1 heterocycles. The summed E-state index contributed by atoms with van der Waals surface area (Å²) in [7, 11) is 2.16. The Balaban J connectivity index is 1.70. The quantitative estimate of drug-likeness (QED) is 0.697. The van der Waals surface area contributed by atoms with Crippen LogP contribution in [0.2, 0.25) is 0 Å². The van der Waals surface area contributed by atoms with Gasteiger partial charge in [0.15, 0.2) is 6.10 Å². The Morgan fingerprint density at radius 2 is 1.71 bits per heavy atom. The van der Waals surface area contributed by atoms with E-state index in [9.17, 15) is 4.79 Å². The van der Waals surface area contributed by atoms with E-state index in [-0.39, 0.29) is 11.9 Å². The van der Waals surface area contributed by atoms with E-state index in [1.54, 1.807) is 0 Å². The maximum absolute atomic E-state index is 13.1. The summed E-state index contributed by atoms with van der Waals surface area (Å²) in [6, 6.07) is 16.4. The van der Waals surface area contributed by atoms with Crippen molar-refractivity contribution in [1.82, 2.24) is 15.1 Å². The summed E-state index contributed by atoms with van der Waals surface area (Å²) >= 11 is 0. The maximum atomic E-state index is 13.1. The minimum atomic E-state index is -0.571. The molecule has 1 saturated heterocycles. The molecular formula is C26H37N3O2. The molecule has 1 N–H and O–H groups in total. The van der Waals surface area contributed by atoms with Gasteiger partial charge in [-0.25, -0.2) is 0 Å². The minimum absolute atomic E-state index is 0.0646. The van der Waals surface area contributed by atoms with Crippen LogP contribution in [0.25, 0.3) is 0 Å². The Morgan fingerprint density at radius 3 is 2.35 bits per heavy atom. The SMILES string of the molecule is Cc1ccc(C(C)C)c(OC(C)C(=O)NC(CN2CCN(C)CC2)c2ccccc2)c1. The molecule has 0 aliphatic carbocycles. The smallest absolute Gasteiger partial charge is 0.261 e. The van der Waals surface area contributed by atoms with Crippen molar-refractivity contribution >= 4 is 5.91 Å². The predicted molar refractivity (Wildman–Crippen MR) is 127 cm³/mol. The minimum Gasteiger partial charge on any atom is -0.481 e. The van der Waals surface area contributed by atoms with Crippen LogP contribution >= 0.6 is 0 Å². The van der Waals surface area contributed by atoms with E-state index in [1.807, 2.05) is 38.1 Å². The third-order valence-electron chi connectivity index (χ3n) is 6.02. The molecule has 3 rings (SSSR count). The number of hydrogen-bond donors (Lipinski definition) is 1. The molecule has 1 aliphatic rings. The van der Waals surface area contributed by atoms with E-state index < -0.39 is 6.10 Å². The molecule has 2 aromatic rings. The lowest BCUT2D eigenvalue weighted by Crippen LogP contribution is -2.49. The molecule has 1 fully saturated rings. The highest BCUT2D eigenvalue weighted by Gasteiger charge is 2.24. The first-order chi connectivity index (χ1) is 14.8. The van der Waals surface area contributed by atoms with Gasteiger partial charge in [0.2, 0.25) is 0 Å². The highest BCUT2D eigenvalue weighted by atomic mass is 16.5. The van der Waals surface area contributed by atoms with E-state index in [0.717, 1.165) is 55.2 Å². The number of ether oxygens (including phenoxy) is 1. The molecule has 0 radical (unpaired) electrons. The van der Waals surface area contributed by atoms with E-state index >= 15 is 0 Å². The highest BCUT2D eigenvalue weighted by Crippen LogP contribution is 2.28. The highest BCUT2D eigenvalue weighted by molar-refractivity contribution is 5.81. The van der Waals surface area contributed by atoms with E-state index in [1.165, 1.54) is 0 Å². The average Bonchev–Trinajstić information content (AvgIpc) is 2.75. The van der Waals surface area contributed by atoms with Crippen LogP contribution in [0.4, 0.5) is 0 Å². The summed E-state index contributed by atoms with van der Waals surface area (Å²) in [5.41, 5.74) is 3.38. The number of carbonyl (C=O) groups excluding carboxylic acids is 1. The van der Waals surface area contributed by atoms with Crippen LogP contribution in [-0.2, 0) is 4.79 Å². The molecule has 168 valence electrons. The van der Waals surface area contributed by atoms with Crippen LogP contribution in [0.5, 0.6) is 5.75 Å². The van der Waals surface area contributed by atoms with Crippen LogP contribution in [-0.4, -0.2) is 61.6 Å². The fraction of sp³-hybridized carbons (Fsp3) is 0.500. The number of rotatable bonds is 8. The first-order valence-electron chi connectivity index (χ1n) is 11.4. The molecule has 31 heavy (non-hydrogen) atoms. The van der Waals surface area contributed by atoms with Crippen LogP contribution in [0, 0.1) is 6.92 Å². The lowest BCUT2D eigenvalue weighted by Gasteiger charge is -2.35. The number of aryl methyl sites for hydroxylation is 1. The fourth-order valence-corrected chi connectivity index (χ4v) is 3.96. The fourth-order valence-electron chi connectivity index (χ4n) is 3.96. The Bertz CT molecular complexity index is 845. The first kappa shape index (κ1) is 23.3. The molecule has 1 amide bonds. The summed E-state index contributed by atoms with van der Waals surface area (Å²) < 4.78 is 6.16. The predicted octanol–water partition coefficient (Wildman–Crippen LogP) is 3.99. The Hall–Kier alpha value is -2.37. The molecule has 0 saturated carbocycles. The monoisotopic (exact) mass is 423 g/mol. The second-order valence-electron chi connectivity index (χ2n) is 9.03. The summed E-state index contributed by atoms with van der Waals surface area (Å²) in [5.74, 6) is 1.05. The lowest BCUT2D eigenvalue weighted by molar-refractivity contribution is -0.128. The number of hydrogen-bond acceptors (Lipinski definition) is 4. The Labute approximate surface area is 187 Å². The van der Waals surface area contributed by atoms with Gasteiger partial charge in [-0.2, -0.15) is 0 Å². The molecule has 2 atom stereocenters. The number of nitrogens with zero attached hydrogens (tertiary/aromatic N) is 2. The van der Waals surface area contributed by atoms with Crippen molar-refractivity contribution in [3.05, 3.63) is 65.2 Å². The molecule has 2 unspecified atom stereocenters. The molecule has 0 aromatic heterocycles. The third-order valence-corrected chi connectivity index (χ3v) is 6.02. The van der Waals surface area contributed by atoms with Crippen LogP contribution < -0.4 is 10.1 Å². The van der Waals surface area contributed by atoms with Crippen molar-refractivity contribution in [2.45, 2.75) is 45.8 Å². The largest absolute Gasteiger partial charge is 0.481 e. The summed E-state index contributed by atoms with van der Waals surface area (Å²) in [5, 5.41) is 3.26. The zero-order valence-electron chi connectivity index (χ0n) is 19.6. The van der Waals surface area contributed by atoms with Gasteiger partial charge in [-0.3, -0.25) is 9.69 Å². The van der Waals surface area contributed by atoms with Gasteiger partial charge in [0.1, 0.15) is 5.75 Å². The van der Waals surface area contributed by atoms with Gasteiger partial charge in [-0.05, 0) is 49.6 Å². The first-order valence-corrected chi connectivity index (χ1v) is 11.4. The summed E-state index contributed by atoms with van der Waals surface area (Å²) in [4.78, 5) is 17.9. The second kappa shape index (κ2) is 10.8. The molecular weight excluding hydrogens is 386 g/mol.